The van der Waals surface area contributed by atoms with E-state index in [0.29, 0.717) is 13.0 Å². The molecule has 11 nitrogen and oxygen atoms in total. The number of primary amides is 1. The van der Waals surface area contributed by atoms with Gasteiger partial charge in [-0.25, -0.2) is 4.79 Å². The summed E-state index contributed by atoms with van der Waals surface area (Å²) in [5.41, 5.74) is 4.40. The highest BCUT2D eigenvalue weighted by Gasteiger charge is 2.70. The van der Waals surface area contributed by atoms with Crippen molar-refractivity contribution in [3.8, 4) is 0 Å². The van der Waals surface area contributed by atoms with E-state index in [9.17, 15) is 28.8 Å². The summed E-state index contributed by atoms with van der Waals surface area (Å²) in [6, 6.07) is -4.12. The maximum absolute atomic E-state index is 14.2. The highest BCUT2D eigenvalue weighted by Crippen LogP contribution is 2.65. The van der Waals surface area contributed by atoms with E-state index in [0.717, 1.165) is 44.9 Å². The van der Waals surface area contributed by atoms with Gasteiger partial charge in [0.05, 0.1) is 12.1 Å². The number of amides is 5. The number of Topliss-reactive ketones (excluding diaryl/α,β-unsaturated/α-hetero) is 2. The fourth-order valence-electron chi connectivity index (χ4n) is 7.50. The van der Waals surface area contributed by atoms with Gasteiger partial charge in [-0.15, -0.1) is 0 Å². The van der Waals surface area contributed by atoms with Gasteiger partial charge in [-0.05, 0) is 53.8 Å². The lowest BCUT2D eigenvalue weighted by Gasteiger charge is -2.38. The molecule has 11 heteroatoms. The van der Waals surface area contributed by atoms with Crippen LogP contribution in [0.1, 0.15) is 99.8 Å². The van der Waals surface area contributed by atoms with Crippen molar-refractivity contribution in [3.63, 3.8) is 0 Å². The lowest BCUT2D eigenvalue weighted by atomic mass is 9.81. The van der Waals surface area contributed by atoms with E-state index in [1.165, 1.54) is 4.90 Å². The molecule has 1 aliphatic heterocycles. The molecule has 0 bridgehead atoms. The van der Waals surface area contributed by atoms with Gasteiger partial charge < -0.3 is 26.6 Å². The zero-order chi connectivity index (χ0) is 32.7. The molecular weight excluding hydrogens is 562 g/mol. The Hall–Kier alpha value is -2.98. The smallest absolute Gasteiger partial charge is 0.316 e. The number of nitrogens with two attached hydrogens (primary N) is 1. The molecule has 6 atom stereocenters. The van der Waals surface area contributed by atoms with Gasteiger partial charge in [-0.3, -0.25) is 24.0 Å². The number of urea groups is 1. The van der Waals surface area contributed by atoms with Crippen LogP contribution in [0.25, 0.3) is 0 Å². The number of hydrogen-bond acceptors (Lipinski definition) is 6. The summed E-state index contributed by atoms with van der Waals surface area (Å²) in [5, 5.41) is 8.49. The Balaban J connectivity index is 1.51. The van der Waals surface area contributed by atoms with Gasteiger partial charge in [0.1, 0.15) is 12.1 Å². The Morgan fingerprint density at radius 1 is 0.909 bits per heavy atom. The SMILES string of the molecule is CC(C)[C@H](NC(=O)N[C@H](C(=O)N1C[C@H]2[C@@H]([C@H]1C(=O)NC(CC1CC1)C(=O)C(N)=O)C2(C)C)C(C)(C)C)C(=O)C1CCCCC1. The maximum atomic E-state index is 14.2. The van der Waals surface area contributed by atoms with Crippen LogP contribution in [0, 0.1) is 40.4 Å². The van der Waals surface area contributed by atoms with Crippen LogP contribution in [-0.4, -0.2) is 70.9 Å². The molecule has 0 radical (unpaired) electrons. The van der Waals surface area contributed by atoms with Crippen LogP contribution in [0.4, 0.5) is 4.79 Å². The lowest BCUT2D eigenvalue weighted by Crippen LogP contribution is -2.62. The summed E-state index contributed by atoms with van der Waals surface area (Å²) in [5.74, 6) is -2.73. The standard InChI is InChI=1S/C33H53N5O6/c1-17(2)23(25(39)19-11-9-8-10-12-19)36-31(44)37-27(32(3,4)5)30(43)38-16-20-22(33(20,6)7)24(38)29(42)35-21(15-18-13-14-18)26(40)28(34)41/h17-24,27H,8-16H2,1-7H3,(H2,34,41)(H,35,42)(H2,36,37,44)/t20-,21?,22-,23-,24-,27+/m0/s1. The van der Waals surface area contributed by atoms with Crippen LogP contribution in [-0.2, 0) is 24.0 Å². The van der Waals surface area contributed by atoms with Crippen molar-refractivity contribution in [2.45, 2.75) is 124 Å². The first-order valence-electron chi connectivity index (χ1n) is 16.5. The number of hydrogen-bond donors (Lipinski definition) is 4. The van der Waals surface area contributed by atoms with Gasteiger partial charge in [0.15, 0.2) is 5.78 Å². The Kier molecular flexibility index (Phi) is 9.86. The minimum Gasteiger partial charge on any atom is -0.363 e. The number of likely N-dealkylation sites (tertiary alicyclic amines) is 1. The number of ketones is 2. The molecule has 0 aromatic heterocycles. The third-order valence-corrected chi connectivity index (χ3v) is 10.6. The van der Waals surface area contributed by atoms with Crippen molar-refractivity contribution in [2.75, 3.05) is 6.54 Å². The summed E-state index contributed by atoms with van der Waals surface area (Å²) in [6.07, 6.45) is 7.00. The average molecular weight is 616 g/mol. The monoisotopic (exact) mass is 615 g/mol. The fraction of sp³-hybridized carbons (Fsp3) is 0.818. The Bertz CT molecular complexity index is 1170. The molecule has 0 spiro atoms. The number of carbonyl (C=O) groups is 6. The molecule has 0 aromatic rings. The number of piperidine rings is 1. The molecule has 1 heterocycles. The predicted molar refractivity (Wildman–Crippen MR) is 165 cm³/mol. The van der Waals surface area contributed by atoms with Crippen molar-refractivity contribution in [1.29, 1.82) is 0 Å². The van der Waals surface area contributed by atoms with E-state index in [1.54, 1.807) is 0 Å². The molecule has 0 aromatic carbocycles. The average Bonchev–Trinajstić information content (AvgIpc) is 3.80. The van der Waals surface area contributed by atoms with E-state index in [-0.39, 0.29) is 40.8 Å². The van der Waals surface area contributed by atoms with Gasteiger partial charge in [-0.2, -0.15) is 0 Å². The normalized spacial score (nSPS) is 26.6. The molecule has 3 aliphatic carbocycles. The first-order valence-corrected chi connectivity index (χ1v) is 16.5. The third kappa shape index (κ3) is 7.28. The van der Waals surface area contributed by atoms with Gasteiger partial charge in [0.25, 0.3) is 5.91 Å². The third-order valence-electron chi connectivity index (χ3n) is 10.6. The van der Waals surface area contributed by atoms with Crippen molar-refractivity contribution >= 4 is 35.3 Å². The minimum atomic E-state index is -1.09. The molecule has 1 unspecified atom stereocenters. The van der Waals surface area contributed by atoms with Crippen LogP contribution >= 0.6 is 0 Å². The van der Waals surface area contributed by atoms with Crippen molar-refractivity contribution in [3.05, 3.63) is 0 Å². The molecule has 4 rings (SSSR count). The van der Waals surface area contributed by atoms with E-state index >= 15 is 0 Å². The van der Waals surface area contributed by atoms with Crippen molar-refractivity contribution < 1.29 is 28.8 Å². The van der Waals surface area contributed by atoms with Gasteiger partial charge in [0, 0.05) is 12.5 Å². The molecule has 1 saturated heterocycles. The second kappa shape index (κ2) is 12.8. The van der Waals surface area contributed by atoms with Crippen molar-refractivity contribution in [2.24, 2.45) is 46.2 Å². The lowest BCUT2D eigenvalue weighted by molar-refractivity contribution is -0.145. The van der Waals surface area contributed by atoms with E-state index in [2.05, 4.69) is 29.8 Å². The minimum absolute atomic E-state index is 0.0401. The number of nitrogens with zero attached hydrogens (tertiary/aromatic N) is 1. The number of rotatable bonds is 12. The molecule has 44 heavy (non-hydrogen) atoms. The van der Waals surface area contributed by atoms with Crippen LogP contribution < -0.4 is 21.7 Å². The van der Waals surface area contributed by atoms with Gasteiger partial charge in [-0.1, -0.05) is 80.6 Å². The van der Waals surface area contributed by atoms with Gasteiger partial charge >= 0.3 is 6.03 Å². The number of carbonyl (C=O) groups excluding carboxylic acids is 6. The Morgan fingerprint density at radius 2 is 1.52 bits per heavy atom. The van der Waals surface area contributed by atoms with Crippen LogP contribution in [0.5, 0.6) is 0 Å². The number of nitrogens with one attached hydrogen (secondary N) is 3. The van der Waals surface area contributed by atoms with Gasteiger partial charge in [0.2, 0.25) is 17.6 Å². The van der Waals surface area contributed by atoms with Crippen LogP contribution in [0.15, 0.2) is 0 Å². The van der Waals surface area contributed by atoms with Crippen LogP contribution in [0.2, 0.25) is 0 Å². The summed E-state index contributed by atoms with van der Waals surface area (Å²) in [7, 11) is 0. The highest BCUT2D eigenvalue weighted by molar-refractivity contribution is 6.37. The molecule has 5 N–H and O–H groups in total. The number of fused-ring (bicyclic) bond motifs is 1. The summed E-state index contributed by atoms with van der Waals surface area (Å²) < 4.78 is 0. The topological polar surface area (TPSA) is 168 Å². The molecule has 246 valence electrons. The summed E-state index contributed by atoms with van der Waals surface area (Å²) >= 11 is 0. The fourth-order valence-corrected chi connectivity index (χ4v) is 7.50. The molecule has 5 amide bonds. The quantitative estimate of drug-likeness (QED) is 0.246. The first kappa shape index (κ1) is 33.9. The largest absolute Gasteiger partial charge is 0.363 e. The maximum Gasteiger partial charge on any atom is 0.316 e. The Morgan fingerprint density at radius 3 is 2.05 bits per heavy atom. The summed E-state index contributed by atoms with van der Waals surface area (Å²) in [6.45, 7) is 13.8. The first-order chi connectivity index (χ1) is 20.4. The zero-order valence-corrected chi connectivity index (χ0v) is 27.5. The highest BCUT2D eigenvalue weighted by atomic mass is 16.2. The summed E-state index contributed by atoms with van der Waals surface area (Å²) in [4.78, 5) is 80.7. The predicted octanol–water partition coefficient (Wildman–Crippen LogP) is 2.70. The molecule has 3 saturated carbocycles. The molecule has 4 aliphatic rings. The second-order valence-corrected chi connectivity index (χ2v) is 15.7. The Labute approximate surface area is 261 Å². The van der Waals surface area contributed by atoms with Crippen molar-refractivity contribution in [1.82, 2.24) is 20.9 Å². The van der Waals surface area contributed by atoms with Crippen LogP contribution in [0.3, 0.4) is 0 Å². The molecular formula is C33H53N5O6. The van der Waals surface area contributed by atoms with E-state index in [4.69, 9.17) is 5.73 Å². The molecule has 4 fully saturated rings. The van der Waals surface area contributed by atoms with E-state index in [1.807, 2.05) is 34.6 Å². The zero-order valence-electron chi connectivity index (χ0n) is 27.5. The van der Waals surface area contributed by atoms with E-state index < -0.39 is 59.1 Å². The second-order valence-electron chi connectivity index (χ2n) is 15.7.